The molecule has 0 aliphatic carbocycles. The zero-order valence-corrected chi connectivity index (χ0v) is 8.56. The third-order valence-electron chi connectivity index (χ3n) is 2.66. The maximum atomic E-state index is 5.31. The van der Waals surface area contributed by atoms with Gasteiger partial charge in [0.25, 0.3) is 0 Å². The first kappa shape index (κ1) is 9.74. The number of morpholine rings is 1. The van der Waals surface area contributed by atoms with Gasteiger partial charge in [0.15, 0.2) is 0 Å². The molecule has 78 valence electrons. The molecule has 1 aliphatic rings. The van der Waals surface area contributed by atoms with Crippen LogP contribution in [0.15, 0.2) is 24.5 Å². The summed E-state index contributed by atoms with van der Waals surface area (Å²) in [6.45, 7) is 6.34. The van der Waals surface area contributed by atoms with Crippen LogP contribution in [0.2, 0.25) is 0 Å². The van der Waals surface area contributed by atoms with E-state index in [0.717, 1.165) is 32.8 Å². The molecule has 1 aromatic heterocycles. The first-order chi connectivity index (χ1) is 6.95. The first-order valence-electron chi connectivity index (χ1n) is 5.36. The van der Waals surface area contributed by atoms with Crippen molar-refractivity contribution in [1.82, 2.24) is 9.47 Å². The summed E-state index contributed by atoms with van der Waals surface area (Å²) in [7, 11) is 0. The average Bonchev–Trinajstić information content (AvgIpc) is 2.72. The van der Waals surface area contributed by atoms with E-state index < -0.39 is 0 Å². The molecule has 1 fully saturated rings. The van der Waals surface area contributed by atoms with E-state index in [0.29, 0.717) is 0 Å². The highest BCUT2D eigenvalue weighted by Gasteiger charge is 2.08. The van der Waals surface area contributed by atoms with Crippen LogP contribution >= 0.6 is 0 Å². The van der Waals surface area contributed by atoms with Gasteiger partial charge < -0.3 is 9.30 Å². The summed E-state index contributed by atoms with van der Waals surface area (Å²) in [4.78, 5) is 2.48. The standard InChI is InChI=1S/C11H18N2O/c1-2-5-12(4-1)6-3-7-13-8-10-14-11-9-13/h1-2,4-5H,3,6-11H2. The fraction of sp³-hybridized carbons (Fsp3) is 0.636. The molecule has 0 unspecified atom stereocenters. The van der Waals surface area contributed by atoms with Gasteiger partial charge in [-0.25, -0.2) is 0 Å². The Labute approximate surface area is 85.3 Å². The van der Waals surface area contributed by atoms with Crippen molar-refractivity contribution in [3.8, 4) is 0 Å². The molecule has 0 spiro atoms. The molecule has 0 N–H and O–H groups in total. The Morgan fingerprint density at radius 3 is 2.43 bits per heavy atom. The third-order valence-corrected chi connectivity index (χ3v) is 2.66. The zero-order chi connectivity index (χ0) is 9.64. The van der Waals surface area contributed by atoms with Crippen LogP contribution in [0.25, 0.3) is 0 Å². The van der Waals surface area contributed by atoms with Crippen molar-refractivity contribution in [2.75, 3.05) is 32.8 Å². The molecule has 0 amide bonds. The minimum absolute atomic E-state index is 0.906. The van der Waals surface area contributed by atoms with Crippen LogP contribution in [-0.4, -0.2) is 42.3 Å². The molecule has 1 saturated heterocycles. The minimum Gasteiger partial charge on any atom is -0.379 e. The third kappa shape index (κ3) is 2.86. The molecule has 0 radical (unpaired) electrons. The van der Waals surface area contributed by atoms with Crippen molar-refractivity contribution in [3.63, 3.8) is 0 Å². The normalized spacial score (nSPS) is 18.6. The molecule has 3 heteroatoms. The predicted octanol–water partition coefficient (Wildman–Crippen LogP) is 1.21. The lowest BCUT2D eigenvalue weighted by Crippen LogP contribution is -2.37. The number of aryl methyl sites for hydroxylation is 1. The molecule has 0 bridgehead atoms. The van der Waals surface area contributed by atoms with Crippen molar-refractivity contribution < 1.29 is 4.74 Å². The fourth-order valence-corrected chi connectivity index (χ4v) is 1.82. The van der Waals surface area contributed by atoms with Crippen LogP contribution in [0, 0.1) is 0 Å². The van der Waals surface area contributed by atoms with Crippen LogP contribution in [0.5, 0.6) is 0 Å². The van der Waals surface area contributed by atoms with Crippen LogP contribution in [0.4, 0.5) is 0 Å². The Morgan fingerprint density at radius 2 is 1.71 bits per heavy atom. The molecule has 1 aliphatic heterocycles. The predicted molar refractivity (Wildman–Crippen MR) is 56.3 cm³/mol. The Hall–Kier alpha value is -0.800. The molecule has 1 aromatic rings. The number of aromatic nitrogens is 1. The van der Waals surface area contributed by atoms with E-state index in [1.165, 1.54) is 13.0 Å². The SMILES string of the molecule is c1ccn(CCCN2CCOCC2)c1. The lowest BCUT2D eigenvalue weighted by molar-refractivity contribution is 0.0369. The average molecular weight is 194 g/mol. The second kappa shape index (κ2) is 5.17. The van der Waals surface area contributed by atoms with Crippen LogP contribution in [0.1, 0.15) is 6.42 Å². The number of hydrogen-bond acceptors (Lipinski definition) is 2. The second-order valence-corrected chi connectivity index (χ2v) is 3.73. The number of ether oxygens (including phenoxy) is 1. The summed E-state index contributed by atoms with van der Waals surface area (Å²) in [6, 6.07) is 4.16. The first-order valence-corrected chi connectivity index (χ1v) is 5.36. The number of nitrogens with zero attached hydrogens (tertiary/aromatic N) is 2. The quantitative estimate of drug-likeness (QED) is 0.717. The van der Waals surface area contributed by atoms with Crippen molar-refractivity contribution in [3.05, 3.63) is 24.5 Å². The summed E-state index contributed by atoms with van der Waals surface area (Å²) < 4.78 is 7.54. The van der Waals surface area contributed by atoms with Crippen molar-refractivity contribution in [1.29, 1.82) is 0 Å². The van der Waals surface area contributed by atoms with E-state index in [2.05, 4.69) is 34.0 Å². The Morgan fingerprint density at radius 1 is 1.00 bits per heavy atom. The van der Waals surface area contributed by atoms with Gasteiger partial charge in [-0.1, -0.05) is 0 Å². The topological polar surface area (TPSA) is 17.4 Å². The lowest BCUT2D eigenvalue weighted by atomic mass is 10.3. The van der Waals surface area contributed by atoms with Crippen molar-refractivity contribution in [2.24, 2.45) is 0 Å². The Kier molecular flexibility index (Phi) is 3.60. The summed E-state index contributed by atoms with van der Waals surface area (Å²) in [5.74, 6) is 0. The highest BCUT2D eigenvalue weighted by molar-refractivity contribution is 4.90. The van der Waals surface area contributed by atoms with Gasteiger partial charge in [-0.3, -0.25) is 4.90 Å². The monoisotopic (exact) mass is 194 g/mol. The smallest absolute Gasteiger partial charge is 0.0594 e. The number of hydrogen-bond donors (Lipinski definition) is 0. The van der Waals surface area contributed by atoms with Gasteiger partial charge in [-0.15, -0.1) is 0 Å². The largest absolute Gasteiger partial charge is 0.379 e. The maximum absolute atomic E-state index is 5.31. The van der Waals surface area contributed by atoms with Gasteiger partial charge in [0.2, 0.25) is 0 Å². The van der Waals surface area contributed by atoms with E-state index in [1.54, 1.807) is 0 Å². The molecule has 0 atom stereocenters. The lowest BCUT2D eigenvalue weighted by Gasteiger charge is -2.26. The fourth-order valence-electron chi connectivity index (χ4n) is 1.82. The van der Waals surface area contributed by atoms with Crippen molar-refractivity contribution in [2.45, 2.75) is 13.0 Å². The van der Waals surface area contributed by atoms with Crippen LogP contribution < -0.4 is 0 Å². The highest BCUT2D eigenvalue weighted by atomic mass is 16.5. The van der Waals surface area contributed by atoms with Crippen LogP contribution in [-0.2, 0) is 11.3 Å². The van der Waals surface area contributed by atoms with Crippen LogP contribution in [0.3, 0.4) is 0 Å². The van der Waals surface area contributed by atoms with E-state index in [9.17, 15) is 0 Å². The molecule has 3 nitrogen and oxygen atoms in total. The summed E-state index contributed by atoms with van der Waals surface area (Å²) in [5, 5.41) is 0. The summed E-state index contributed by atoms with van der Waals surface area (Å²) in [5.41, 5.74) is 0. The van der Waals surface area contributed by atoms with E-state index in [1.807, 2.05) is 0 Å². The minimum atomic E-state index is 0.906. The Bertz CT molecular complexity index is 240. The molecular formula is C11H18N2O. The van der Waals surface area contributed by atoms with Gasteiger partial charge in [-0.05, 0) is 18.6 Å². The zero-order valence-electron chi connectivity index (χ0n) is 8.56. The molecule has 14 heavy (non-hydrogen) atoms. The maximum Gasteiger partial charge on any atom is 0.0594 e. The van der Waals surface area contributed by atoms with E-state index >= 15 is 0 Å². The molecule has 0 aromatic carbocycles. The molecule has 2 rings (SSSR count). The van der Waals surface area contributed by atoms with Gasteiger partial charge >= 0.3 is 0 Å². The summed E-state index contributed by atoms with van der Waals surface area (Å²) >= 11 is 0. The molecule has 0 saturated carbocycles. The highest BCUT2D eigenvalue weighted by Crippen LogP contribution is 2.00. The van der Waals surface area contributed by atoms with Gasteiger partial charge in [0.05, 0.1) is 13.2 Å². The second-order valence-electron chi connectivity index (χ2n) is 3.73. The van der Waals surface area contributed by atoms with E-state index in [-0.39, 0.29) is 0 Å². The Balaban J connectivity index is 1.62. The van der Waals surface area contributed by atoms with Gasteiger partial charge in [0, 0.05) is 38.6 Å². The van der Waals surface area contributed by atoms with E-state index in [4.69, 9.17) is 4.74 Å². The van der Waals surface area contributed by atoms with Gasteiger partial charge in [0.1, 0.15) is 0 Å². The molecule has 2 heterocycles. The molecular weight excluding hydrogens is 176 g/mol. The van der Waals surface area contributed by atoms with Crippen molar-refractivity contribution >= 4 is 0 Å². The van der Waals surface area contributed by atoms with Gasteiger partial charge in [-0.2, -0.15) is 0 Å². The summed E-state index contributed by atoms with van der Waals surface area (Å²) in [6.07, 6.45) is 5.48. The number of rotatable bonds is 4.